The van der Waals surface area contributed by atoms with Crippen LogP contribution in [0, 0.1) is 13.8 Å². The summed E-state index contributed by atoms with van der Waals surface area (Å²) in [4.78, 5) is 0. The van der Waals surface area contributed by atoms with E-state index < -0.39 is 0 Å². The summed E-state index contributed by atoms with van der Waals surface area (Å²) in [5.41, 5.74) is 9.29. The third kappa shape index (κ3) is 4.23. The van der Waals surface area contributed by atoms with Gasteiger partial charge in [-0.3, -0.25) is 0 Å². The number of benzene rings is 2. The summed E-state index contributed by atoms with van der Waals surface area (Å²) < 4.78 is 5.99. The van der Waals surface area contributed by atoms with Gasteiger partial charge >= 0.3 is 0 Å². The molecule has 0 aromatic heterocycles. The van der Waals surface area contributed by atoms with Crippen LogP contribution < -0.4 is 10.5 Å². The van der Waals surface area contributed by atoms with Gasteiger partial charge in [0, 0.05) is 11.1 Å². The maximum atomic E-state index is 6.04. The molecule has 0 aliphatic heterocycles. The Balaban J connectivity index is 2.14. The Hall–Kier alpha value is -1.51. The highest BCUT2D eigenvalue weighted by molar-refractivity contribution is 6.30. The summed E-state index contributed by atoms with van der Waals surface area (Å²) in [7, 11) is 0. The van der Waals surface area contributed by atoms with Gasteiger partial charge < -0.3 is 10.5 Å². The van der Waals surface area contributed by atoms with Crippen LogP contribution in [-0.4, -0.2) is 6.04 Å². The topological polar surface area (TPSA) is 35.2 Å². The maximum Gasteiger partial charge on any atom is 0.133 e. The van der Waals surface area contributed by atoms with E-state index in [0.29, 0.717) is 0 Å². The molecule has 0 fully saturated rings. The first kappa shape index (κ1) is 15.9. The molecule has 0 saturated carbocycles. The number of nitrogens with two attached hydrogens (primary N) is 1. The minimum Gasteiger partial charge on any atom is -0.457 e. The molecular weight excluding hydrogens is 282 g/mol. The van der Waals surface area contributed by atoms with E-state index in [1.165, 1.54) is 5.56 Å². The Bertz CT molecular complexity index is 584. The molecule has 3 heteroatoms. The largest absolute Gasteiger partial charge is 0.457 e. The minimum atomic E-state index is 0.220. The predicted octanol–water partition coefficient (Wildman–Crippen LogP) is 5.03. The summed E-state index contributed by atoms with van der Waals surface area (Å²) in [6, 6.07) is 12.2. The zero-order valence-corrected chi connectivity index (χ0v) is 13.6. The van der Waals surface area contributed by atoms with Crippen molar-refractivity contribution in [2.75, 3.05) is 0 Å². The van der Waals surface area contributed by atoms with Gasteiger partial charge in [-0.05, 0) is 67.6 Å². The fourth-order valence-corrected chi connectivity index (χ4v) is 2.64. The van der Waals surface area contributed by atoms with E-state index in [1.54, 1.807) is 0 Å². The van der Waals surface area contributed by atoms with E-state index in [2.05, 4.69) is 19.1 Å². The Morgan fingerprint density at radius 3 is 2.19 bits per heavy atom. The third-order valence-electron chi connectivity index (χ3n) is 3.59. The molecule has 112 valence electrons. The second kappa shape index (κ2) is 6.97. The highest BCUT2D eigenvalue weighted by Gasteiger charge is 2.08. The van der Waals surface area contributed by atoms with Gasteiger partial charge in [0.25, 0.3) is 0 Å². The summed E-state index contributed by atoms with van der Waals surface area (Å²) in [6.07, 6.45) is 1.89. The number of rotatable bonds is 5. The van der Waals surface area contributed by atoms with Crippen LogP contribution in [0.15, 0.2) is 36.4 Å². The van der Waals surface area contributed by atoms with Crippen molar-refractivity contribution in [3.8, 4) is 11.5 Å². The van der Waals surface area contributed by atoms with Crippen molar-refractivity contribution in [1.29, 1.82) is 0 Å². The molecule has 2 aromatic carbocycles. The molecular formula is C18H22ClNO. The van der Waals surface area contributed by atoms with Crippen molar-refractivity contribution >= 4 is 11.6 Å². The average molecular weight is 304 g/mol. The van der Waals surface area contributed by atoms with Gasteiger partial charge in [0.05, 0.1) is 0 Å². The van der Waals surface area contributed by atoms with Gasteiger partial charge in [0.2, 0.25) is 0 Å². The van der Waals surface area contributed by atoms with Crippen molar-refractivity contribution in [2.45, 2.75) is 39.7 Å². The van der Waals surface area contributed by atoms with Crippen LogP contribution in [0.2, 0.25) is 5.02 Å². The number of ether oxygens (including phenoxy) is 1. The van der Waals surface area contributed by atoms with Gasteiger partial charge in [-0.1, -0.05) is 30.7 Å². The lowest BCUT2D eigenvalue weighted by Crippen LogP contribution is -2.21. The number of hydrogen-bond donors (Lipinski definition) is 1. The van der Waals surface area contributed by atoms with E-state index in [9.17, 15) is 0 Å². The van der Waals surface area contributed by atoms with Crippen LogP contribution in [0.4, 0.5) is 0 Å². The van der Waals surface area contributed by atoms with Crippen LogP contribution in [0.25, 0.3) is 0 Å². The normalized spacial score (nSPS) is 12.2. The molecule has 0 amide bonds. The van der Waals surface area contributed by atoms with Gasteiger partial charge in [-0.2, -0.15) is 0 Å². The summed E-state index contributed by atoms with van der Waals surface area (Å²) in [6.45, 7) is 6.11. The molecule has 2 nitrogen and oxygen atoms in total. The second-order valence-corrected chi connectivity index (χ2v) is 5.92. The molecule has 0 radical (unpaired) electrons. The highest BCUT2D eigenvalue weighted by Crippen LogP contribution is 2.31. The lowest BCUT2D eigenvalue weighted by Gasteiger charge is -2.13. The Labute approximate surface area is 131 Å². The van der Waals surface area contributed by atoms with Crippen LogP contribution in [0.3, 0.4) is 0 Å². The molecule has 0 aliphatic carbocycles. The molecule has 0 aliphatic rings. The van der Waals surface area contributed by atoms with E-state index >= 15 is 0 Å². The first-order valence-corrected chi connectivity index (χ1v) is 7.66. The van der Waals surface area contributed by atoms with Crippen molar-refractivity contribution in [3.63, 3.8) is 0 Å². The summed E-state index contributed by atoms with van der Waals surface area (Å²) in [5.74, 6) is 1.70. The zero-order chi connectivity index (χ0) is 15.4. The van der Waals surface area contributed by atoms with Gasteiger partial charge in [-0.15, -0.1) is 0 Å². The Morgan fingerprint density at radius 2 is 1.67 bits per heavy atom. The molecule has 0 bridgehead atoms. The van der Waals surface area contributed by atoms with Crippen molar-refractivity contribution < 1.29 is 4.74 Å². The maximum absolute atomic E-state index is 6.04. The molecule has 0 saturated heterocycles. The molecule has 2 aromatic rings. The predicted molar refractivity (Wildman–Crippen MR) is 89.4 cm³/mol. The van der Waals surface area contributed by atoms with E-state index in [0.717, 1.165) is 40.5 Å². The van der Waals surface area contributed by atoms with Gasteiger partial charge in [0.1, 0.15) is 11.5 Å². The van der Waals surface area contributed by atoms with Crippen LogP contribution in [0.1, 0.15) is 30.0 Å². The van der Waals surface area contributed by atoms with E-state index in [1.807, 2.05) is 38.1 Å². The number of aryl methyl sites for hydroxylation is 2. The third-order valence-corrected chi connectivity index (χ3v) is 3.81. The average Bonchev–Trinajstić information content (AvgIpc) is 2.44. The molecule has 1 unspecified atom stereocenters. The van der Waals surface area contributed by atoms with E-state index in [4.69, 9.17) is 22.1 Å². The summed E-state index contributed by atoms with van der Waals surface area (Å²) in [5, 5.41) is 0.737. The Morgan fingerprint density at radius 1 is 1.10 bits per heavy atom. The lowest BCUT2D eigenvalue weighted by molar-refractivity contribution is 0.475. The number of hydrogen-bond acceptors (Lipinski definition) is 2. The fraction of sp³-hybridized carbons (Fsp3) is 0.333. The van der Waals surface area contributed by atoms with Crippen LogP contribution in [-0.2, 0) is 6.42 Å². The van der Waals surface area contributed by atoms with Crippen LogP contribution in [0.5, 0.6) is 11.5 Å². The first-order chi connectivity index (χ1) is 9.99. The second-order valence-electron chi connectivity index (χ2n) is 5.49. The minimum absolute atomic E-state index is 0.220. The standard InChI is InChI=1S/C18H22ClNO/c1-4-16(20)11-14-5-7-17(8-6-14)21-18-12(2)9-15(19)10-13(18)3/h5-10,16H,4,11,20H2,1-3H3. The van der Waals surface area contributed by atoms with E-state index in [-0.39, 0.29) is 6.04 Å². The molecule has 0 heterocycles. The number of halogens is 1. The SMILES string of the molecule is CCC(N)Cc1ccc(Oc2c(C)cc(Cl)cc2C)cc1. The molecule has 21 heavy (non-hydrogen) atoms. The molecule has 2 rings (SSSR count). The van der Waals surface area contributed by atoms with Crippen molar-refractivity contribution in [1.82, 2.24) is 0 Å². The smallest absolute Gasteiger partial charge is 0.133 e. The molecule has 0 spiro atoms. The van der Waals surface area contributed by atoms with Crippen molar-refractivity contribution in [3.05, 3.63) is 58.1 Å². The van der Waals surface area contributed by atoms with Gasteiger partial charge in [-0.25, -0.2) is 0 Å². The lowest BCUT2D eigenvalue weighted by atomic mass is 10.0. The summed E-state index contributed by atoms with van der Waals surface area (Å²) >= 11 is 6.04. The highest BCUT2D eigenvalue weighted by atomic mass is 35.5. The first-order valence-electron chi connectivity index (χ1n) is 7.28. The zero-order valence-electron chi connectivity index (χ0n) is 12.8. The molecule has 2 N–H and O–H groups in total. The molecule has 1 atom stereocenters. The monoisotopic (exact) mass is 303 g/mol. The van der Waals surface area contributed by atoms with Gasteiger partial charge in [0.15, 0.2) is 0 Å². The van der Waals surface area contributed by atoms with Crippen molar-refractivity contribution in [2.24, 2.45) is 5.73 Å². The fourth-order valence-electron chi connectivity index (χ4n) is 2.32. The Kier molecular flexibility index (Phi) is 5.27. The van der Waals surface area contributed by atoms with Crippen LogP contribution >= 0.6 is 11.6 Å². The quantitative estimate of drug-likeness (QED) is 0.841.